The molecule has 1 atom stereocenters. The van der Waals surface area contributed by atoms with Crippen molar-refractivity contribution < 1.29 is 9.15 Å². The van der Waals surface area contributed by atoms with Crippen LogP contribution in [0.15, 0.2) is 35.4 Å². The van der Waals surface area contributed by atoms with Crippen molar-refractivity contribution in [1.29, 1.82) is 0 Å². The summed E-state index contributed by atoms with van der Waals surface area (Å²) in [6.45, 7) is 13.6. The molecule has 0 aromatic carbocycles. The second kappa shape index (κ2) is 8.47. The lowest BCUT2D eigenvalue weighted by Gasteiger charge is -2.33. The number of hydrogen-bond acceptors (Lipinski definition) is 5. The third kappa shape index (κ3) is 4.60. The maximum absolute atomic E-state index is 5.91. The zero-order valence-corrected chi connectivity index (χ0v) is 15.2. The number of hydrogen-bond donors (Lipinski definition) is 1. The van der Waals surface area contributed by atoms with Crippen molar-refractivity contribution in [1.82, 2.24) is 20.0 Å². The van der Waals surface area contributed by atoms with E-state index in [0.717, 1.165) is 63.2 Å². The summed E-state index contributed by atoms with van der Waals surface area (Å²) in [5, 5.41) is 8.09. The summed E-state index contributed by atoms with van der Waals surface area (Å²) in [7, 11) is 0. The summed E-state index contributed by atoms with van der Waals surface area (Å²) >= 11 is 0. The monoisotopic (exact) mass is 344 g/mol. The first-order valence-corrected chi connectivity index (χ1v) is 8.90. The Bertz CT molecular complexity index is 685. The number of nitrogens with one attached hydrogen (secondary N) is 1. The number of aromatic nitrogens is 2. The predicted molar refractivity (Wildman–Crippen MR) is 97.4 cm³/mol. The quantitative estimate of drug-likeness (QED) is 0.746. The number of rotatable bonds is 8. The van der Waals surface area contributed by atoms with Crippen LogP contribution < -0.4 is 5.32 Å². The summed E-state index contributed by atoms with van der Waals surface area (Å²) in [6.07, 6.45) is 3.95. The van der Waals surface area contributed by atoms with Crippen LogP contribution in [0.2, 0.25) is 0 Å². The van der Waals surface area contributed by atoms with E-state index in [0.29, 0.717) is 0 Å². The molecule has 0 aliphatic carbocycles. The van der Waals surface area contributed by atoms with Crippen molar-refractivity contribution in [2.45, 2.75) is 33.0 Å². The van der Waals surface area contributed by atoms with Gasteiger partial charge in [0.1, 0.15) is 11.5 Å². The molecule has 2 aromatic heterocycles. The lowest BCUT2D eigenvalue weighted by atomic mass is 10.1. The highest BCUT2D eigenvalue weighted by atomic mass is 16.5. The molecule has 0 unspecified atom stereocenters. The molecule has 1 N–H and O–H groups in total. The molecule has 6 heteroatoms. The van der Waals surface area contributed by atoms with Crippen molar-refractivity contribution in [2.75, 3.05) is 32.8 Å². The minimum absolute atomic E-state index is 0.223. The Labute approximate surface area is 149 Å². The molecule has 3 rings (SSSR count). The average molecular weight is 344 g/mol. The Morgan fingerprint density at radius 2 is 2.12 bits per heavy atom. The van der Waals surface area contributed by atoms with Crippen molar-refractivity contribution >= 4 is 0 Å². The lowest BCUT2D eigenvalue weighted by molar-refractivity contribution is 0.0115. The summed E-state index contributed by atoms with van der Waals surface area (Å²) in [5.74, 6) is 1.97. The van der Waals surface area contributed by atoms with Crippen LogP contribution in [-0.2, 0) is 17.8 Å². The van der Waals surface area contributed by atoms with Gasteiger partial charge in [-0.05, 0) is 26.0 Å². The van der Waals surface area contributed by atoms with E-state index < -0.39 is 0 Å². The largest absolute Gasteiger partial charge is 0.465 e. The topological polar surface area (TPSA) is 55.5 Å². The number of morpholine rings is 1. The van der Waals surface area contributed by atoms with Gasteiger partial charge in [-0.1, -0.05) is 6.08 Å². The predicted octanol–water partition coefficient (Wildman–Crippen LogP) is 2.44. The van der Waals surface area contributed by atoms with Gasteiger partial charge >= 0.3 is 0 Å². The van der Waals surface area contributed by atoms with Gasteiger partial charge < -0.3 is 14.5 Å². The van der Waals surface area contributed by atoms with Gasteiger partial charge in [-0.15, -0.1) is 6.58 Å². The Kier molecular flexibility index (Phi) is 6.07. The molecule has 1 aliphatic rings. The van der Waals surface area contributed by atoms with Crippen LogP contribution in [0.1, 0.15) is 28.8 Å². The fourth-order valence-electron chi connectivity index (χ4n) is 3.23. The molecule has 1 aliphatic heterocycles. The molecule has 0 spiro atoms. The van der Waals surface area contributed by atoms with E-state index in [-0.39, 0.29) is 6.04 Å². The maximum Gasteiger partial charge on any atom is 0.122 e. The minimum Gasteiger partial charge on any atom is -0.465 e. The summed E-state index contributed by atoms with van der Waals surface area (Å²) in [5.41, 5.74) is 2.28. The Balaban J connectivity index is 1.63. The van der Waals surface area contributed by atoms with Crippen LogP contribution in [0.3, 0.4) is 0 Å². The molecule has 136 valence electrons. The summed E-state index contributed by atoms with van der Waals surface area (Å²) in [6, 6.07) is 4.35. The molecule has 3 heterocycles. The first-order valence-electron chi connectivity index (χ1n) is 8.90. The van der Waals surface area contributed by atoms with Gasteiger partial charge in [-0.3, -0.25) is 9.58 Å². The molecule has 2 aromatic rings. The van der Waals surface area contributed by atoms with E-state index in [1.807, 2.05) is 30.7 Å². The molecule has 0 amide bonds. The Morgan fingerprint density at radius 3 is 2.80 bits per heavy atom. The highest BCUT2D eigenvalue weighted by molar-refractivity contribution is 5.16. The van der Waals surface area contributed by atoms with E-state index in [2.05, 4.69) is 34.2 Å². The molecule has 1 fully saturated rings. The van der Waals surface area contributed by atoms with E-state index >= 15 is 0 Å². The van der Waals surface area contributed by atoms with Gasteiger partial charge in [0.15, 0.2) is 0 Å². The van der Waals surface area contributed by atoms with Crippen molar-refractivity contribution in [3.05, 3.63) is 53.8 Å². The molecule has 1 saturated heterocycles. The van der Waals surface area contributed by atoms with Crippen molar-refractivity contribution in [3.63, 3.8) is 0 Å². The van der Waals surface area contributed by atoms with Crippen molar-refractivity contribution in [2.24, 2.45) is 0 Å². The normalized spacial score (nSPS) is 16.9. The van der Waals surface area contributed by atoms with E-state index in [9.17, 15) is 0 Å². The molecule has 0 radical (unpaired) electrons. The van der Waals surface area contributed by atoms with Gasteiger partial charge in [0.2, 0.25) is 0 Å². The number of aryl methyl sites for hydroxylation is 2. The highest BCUT2D eigenvalue weighted by Gasteiger charge is 2.25. The van der Waals surface area contributed by atoms with Gasteiger partial charge in [-0.2, -0.15) is 5.10 Å². The van der Waals surface area contributed by atoms with Gasteiger partial charge in [0, 0.05) is 37.9 Å². The van der Waals surface area contributed by atoms with Crippen LogP contribution in [0.4, 0.5) is 0 Å². The van der Waals surface area contributed by atoms with E-state index in [1.54, 1.807) is 0 Å². The second-order valence-electron chi connectivity index (χ2n) is 6.49. The highest BCUT2D eigenvalue weighted by Crippen LogP contribution is 2.23. The Hall–Kier alpha value is -1.89. The SMILES string of the molecule is C=CCn1cc(CNC[C@@H](c2ccc(C)o2)N2CCOCC2)c(C)n1. The number of ether oxygens (including phenoxy) is 1. The smallest absolute Gasteiger partial charge is 0.122 e. The molecule has 0 saturated carbocycles. The lowest BCUT2D eigenvalue weighted by Crippen LogP contribution is -2.42. The summed E-state index contributed by atoms with van der Waals surface area (Å²) in [4.78, 5) is 2.43. The third-order valence-electron chi connectivity index (χ3n) is 4.59. The molecular weight excluding hydrogens is 316 g/mol. The molecule has 0 bridgehead atoms. The maximum atomic E-state index is 5.91. The van der Waals surface area contributed by atoms with Crippen LogP contribution in [-0.4, -0.2) is 47.5 Å². The zero-order valence-electron chi connectivity index (χ0n) is 15.2. The molecular formula is C19H28N4O2. The van der Waals surface area contributed by atoms with Gasteiger partial charge in [0.25, 0.3) is 0 Å². The van der Waals surface area contributed by atoms with E-state index in [1.165, 1.54) is 5.56 Å². The van der Waals surface area contributed by atoms with E-state index in [4.69, 9.17) is 9.15 Å². The van der Waals surface area contributed by atoms with Gasteiger partial charge in [0.05, 0.1) is 31.5 Å². The second-order valence-corrected chi connectivity index (χ2v) is 6.49. The first kappa shape index (κ1) is 17.9. The van der Waals surface area contributed by atoms with Crippen LogP contribution >= 0.6 is 0 Å². The fourth-order valence-corrected chi connectivity index (χ4v) is 3.23. The molecule has 25 heavy (non-hydrogen) atoms. The molecule has 6 nitrogen and oxygen atoms in total. The number of allylic oxidation sites excluding steroid dienone is 1. The fraction of sp³-hybridized carbons (Fsp3) is 0.526. The first-order chi connectivity index (χ1) is 12.2. The van der Waals surface area contributed by atoms with Gasteiger partial charge in [-0.25, -0.2) is 0 Å². The number of nitrogens with zero attached hydrogens (tertiary/aromatic N) is 3. The minimum atomic E-state index is 0.223. The van der Waals surface area contributed by atoms with Crippen LogP contribution in [0.25, 0.3) is 0 Å². The number of furan rings is 1. The van der Waals surface area contributed by atoms with Crippen molar-refractivity contribution in [3.8, 4) is 0 Å². The Morgan fingerprint density at radius 1 is 1.32 bits per heavy atom. The van der Waals surface area contributed by atoms with Crippen LogP contribution in [0.5, 0.6) is 0 Å². The standard InChI is InChI=1S/C19H28N4O2/c1-4-7-23-14-17(16(3)21-23)12-20-13-18(19-6-5-15(2)25-19)22-8-10-24-11-9-22/h4-6,14,18,20H,1,7-13H2,2-3H3/t18-/m0/s1. The zero-order chi connectivity index (χ0) is 17.6. The average Bonchev–Trinajstić information content (AvgIpc) is 3.19. The van der Waals surface area contributed by atoms with Crippen LogP contribution in [0, 0.1) is 13.8 Å². The summed E-state index contributed by atoms with van der Waals surface area (Å²) < 4.78 is 13.3. The third-order valence-corrected chi connectivity index (χ3v) is 4.59.